The summed E-state index contributed by atoms with van der Waals surface area (Å²) in [6.07, 6.45) is 7.41. The minimum atomic E-state index is 0.0423. The lowest BCUT2D eigenvalue weighted by atomic mass is 9.53. The maximum absolute atomic E-state index is 12.2. The fourth-order valence-corrected chi connectivity index (χ4v) is 3.86. The zero-order chi connectivity index (χ0) is 14.8. The lowest BCUT2D eigenvalue weighted by Crippen LogP contribution is -2.70. The minimum absolute atomic E-state index is 0.0423. The molecule has 1 aromatic heterocycles. The number of ether oxygens (including phenoxy) is 1. The highest BCUT2D eigenvalue weighted by Crippen LogP contribution is 2.52. The van der Waals surface area contributed by atoms with Gasteiger partial charge in [0.1, 0.15) is 6.54 Å². The Bertz CT molecular complexity index is 440. The summed E-state index contributed by atoms with van der Waals surface area (Å²) < 4.78 is 7.43. The molecule has 0 saturated heterocycles. The van der Waals surface area contributed by atoms with E-state index in [-0.39, 0.29) is 23.5 Å². The van der Waals surface area contributed by atoms with Crippen LogP contribution in [0.3, 0.4) is 0 Å². The smallest absolute Gasteiger partial charge is 0.240 e. The van der Waals surface area contributed by atoms with Crippen LogP contribution in [0.2, 0.25) is 0 Å². The Morgan fingerprint density at radius 1 is 1.45 bits per heavy atom. The van der Waals surface area contributed by atoms with Crippen LogP contribution in [-0.2, 0) is 16.1 Å². The van der Waals surface area contributed by atoms with E-state index in [1.807, 2.05) is 0 Å². The number of imidazole rings is 1. The van der Waals surface area contributed by atoms with Crippen LogP contribution < -0.4 is 5.32 Å². The molecular formula is C15H25N3O2. The normalized spacial score (nSPS) is 27.9. The fraction of sp³-hybridized carbons (Fsp3) is 0.733. The molecule has 1 fully saturated rings. The number of methoxy groups -OCH3 is 1. The van der Waals surface area contributed by atoms with E-state index < -0.39 is 0 Å². The first-order valence-corrected chi connectivity index (χ1v) is 7.37. The van der Waals surface area contributed by atoms with Crippen molar-refractivity contribution in [2.24, 2.45) is 11.3 Å². The number of amides is 1. The molecule has 0 spiro atoms. The number of aromatic nitrogens is 2. The van der Waals surface area contributed by atoms with E-state index in [2.05, 4.69) is 31.1 Å². The molecule has 1 aromatic rings. The largest absolute Gasteiger partial charge is 0.380 e. The highest BCUT2D eigenvalue weighted by molar-refractivity contribution is 5.76. The molecule has 1 N–H and O–H groups in total. The molecule has 0 aromatic carbocycles. The first-order chi connectivity index (χ1) is 9.58. The SMILES string of the molecule is CCC1(CC)[C@H](NC(=O)Cn2ccnc2)[C@@H](C)[C@H]1OC. The number of hydrogen-bond acceptors (Lipinski definition) is 3. The van der Waals surface area contributed by atoms with Gasteiger partial charge in [-0.3, -0.25) is 4.79 Å². The maximum Gasteiger partial charge on any atom is 0.240 e. The monoisotopic (exact) mass is 279 g/mol. The summed E-state index contributed by atoms with van der Waals surface area (Å²) in [6.45, 7) is 6.83. The number of hydrogen-bond donors (Lipinski definition) is 1. The summed E-state index contributed by atoms with van der Waals surface area (Å²) in [4.78, 5) is 16.1. The van der Waals surface area contributed by atoms with Crippen molar-refractivity contribution in [2.75, 3.05) is 7.11 Å². The van der Waals surface area contributed by atoms with Gasteiger partial charge >= 0.3 is 0 Å². The van der Waals surface area contributed by atoms with Gasteiger partial charge in [-0.1, -0.05) is 20.8 Å². The van der Waals surface area contributed by atoms with Gasteiger partial charge in [-0.05, 0) is 12.8 Å². The van der Waals surface area contributed by atoms with Crippen LogP contribution in [0.5, 0.6) is 0 Å². The molecule has 1 aliphatic carbocycles. The lowest BCUT2D eigenvalue weighted by molar-refractivity contribution is -0.172. The van der Waals surface area contributed by atoms with Crippen molar-refractivity contribution >= 4 is 5.91 Å². The average molecular weight is 279 g/mol. The second-order valence-corrected chi connectivity index (χ2v) is 5.74. The zero-order valence-corrected chi connectivity index (χ0v) is 12.8. The standard InChI is InChI=1S/C15H25N3O2/c1-5-15(6-2)13(11(3)14(15)20-4)17-12(19)9-18-8-7-16-10-18/h7-8,10-11,13-14H,5-6,9H2,1-4H3,(H,17,19)/t11-,13-,14-/m1/s1. The molecule has 5 nitrogen and oxygen atoms in total. The zero-order valence-electron chi connectivity index (χ0n) is 12.8. The van der Waals surface area contributed by atoms with Gasteiger partial charge in [-0.2, -0.15) is 0 Å². The molecule has 2 rings (SSSR count). The van der Waals surface area contributed by atoms with Crippen molar-refractivity contribution in [2.45, 2.75) is 52.3 Å². The van der Waals surface area contributed by atoms with Crippen molar-refractivity contribution in [3.05, 3.63) is 18.7 Å². The van der Waals surface area contributed by atoms with Gasteiger partial charge in [0.15, 0.2) is 0 Å². The van der Waals surface area contributed by atoms with Gasteiger partial charge in [0.2, 0.25) is 5.91 Å². The number of nitrogens with one attached hydrogen (secondary N) is 1. The second kappa shape index (κ2) is 5.95. The third-order valence-electron chi connectivity index (χ3n) is 4.96. The first kappa shape index (κ1) is 15.0. The molecule has 0 radical (unpaired) electrons. The van der Waals surface area contributed by atoms with Gasteiger partial charge in [0.25, 0.3) is 0 Å². The lowest BCUT2D eigenvalue weighted by Gasteiger charge is -2.59. The molecule has 0 bridgehead atoms. The number of carbonyl (C=O) groups excluding carboxylic acids is 1. The molecule has 1 aliphatic rings. The van der Waals surface area contributed by atoms with Gasteiger partial charge in [-0.25, -0.2) is 4.98 Å². The minimum Gasteiger partial charge on any atom is -0.380 e. The summed E-state index contributed by atoms with van der Waals surface area (Å²) in [6, 6.07) is 0.193. The Balaban J connectivity index is 2.02. The molecule has 3 atom stereocenters. The summed E-state index contributed by atoms with van der Waals surface area (Å²) in [5.74, 6) is 0.396. The topological polar surface area (TPSA) is 56.2 Å². The van der Waals surface area contributed by atoms with Crippen molar-refractivity contribution < 1.29 is 9.53 Å². The molecular weight excluding hydrogens is 254 g/mol. The molecule has 0 aliphatic heterocycles. The first-order valence-electron chi connectivity index (χ1n) is 7.37. The van der Waals surface area contributed by atoms with E-state index >= 15 is 0 Å². The average Bonchev–Trinajstić information content (AvgIpc) is 2.94. The highest BCUT2D eigenvalue weighted by Gasteiger charge is 2.58. The fourth-order valence-electron chi connectivity index (χ4n) is 3.86. The maximum atomic E-state index is 12.2. The Morgan fingerprint density at radius 3 is 2.65 bits per heavy atom. The van der Waals surface area contributed by atoms with Crippen LogP contribution in [0.15, 0.2) is 18.7 Å². The third kappa shape index (κ3) is 2.35. The van der Waals surface area contributed by atoms with Gasteiger partial charge in [0, 0.05) is 36.9 Å². The van der Waals surface area contributed by atoms with Crippen molar-refractivity contribution in [1.82, 2.24) is 14.9 Å². The van der Waals surface area contributed by atoms with Crippen molar-refractivity contribution in [3.63, 3.8) is 0 Å². The molecule has 1 amide bonds. The Morgan fingerprint density at radius 2 is 2.15 bits per heavy atom. The Hall–Kier alpha value is -1.36. The quantitative estimate of drug-likeness (QED) is 0.864. The summed E-state index contributed by atoms with van der Waals surface area (Å²) >= 11 is 0. The van der Waals surface area contributed by atoms with Crippen molar-refractivity contribution in [3.8, 4) is 0 Å². The molecule has 20 heavy (non-hydrogen) atoms. The second-order valence-electron chi connectivity index (χ2n) is 5.74. The van der Waals surface area contributed by atoms with Crippen LogP contribution in [0, 0.1) is 11.3 Å². The summed E-state index contributed by atoms with van der Waals surface area (Å²) in [7, 11) is 1.77. The molecule has 1 heterocycles. The van der Waals surface area contributed by atoms with E-state index in [1.165, 1.54) is 0 Å². The van der Waals surface area contributed by atoms with Gasteiger partial charge in [-0.15, -0.1) is 0 Å². The van der Waals surface area contributed by atoms with Crippen LogP contribution in [-0.4, -0.2) is 34.7 Å². The molecule has 1 saturated carbocycles. The Labute approximate surface area is 120 Å². The van der Waals surface area contributed by atoms with Gasteiger partial charge in [0.05, 0.1) is 12.4 Å². The number of carbonyl (C=O) groups is 1. The third-order valence-corrected chi connectivity index (χ3v) is 4.96. The van der Waals surface area contributed by atoms with Gasteiger partial charge < -0.3 is 14.6 Å². The predicted molar refractivity (Wildman–Crippen MR) is 77.1 cm³/mol. The summed E-state index contributed by atoms with van der Waals surface area (Å²) in [5.41, 5.74) is 0.0682. The van der Waals surface area contributed by atoms with Crippen molar-refractivity contribution in [1.29, 1.82) is 0 Å². The molecule has 112 valence electrons. The van der Waals surface area contributed by atoms with Crippen LogP contribution in [0.4, 0.5) is 0 Å². The predicted octanol–water partition coefficient (Wildman–Crippen LogP) is 1.84. The van der Waals surface area contributed by atoms with E-state index in [4.69, 9.17) is 4.74 Å². The number of rotatable bonds is 6. The highest BCUT2D eigenvalue weighted by atomic mass is 16.5. The van der Waals surface area contributed by atoms with Crippen LogP contribution >= 0.6 is 0 Å². The molecule has 5 heteroatoms. The number of nitrogens with zero attached hydrogens (tertiary/aromatic N) is 2. The van der Waals surface area contributed by atoms with E-state index in [1.54, 1.807) is 30.4 Å². The van der Waals surface area contributed by atoms with Crippen LogP contribution in [0.1, 0.15) is 33.6 Å². The van der Waals surface area contributed by atoms with E-state index in [9.17, 15) is 4.79 Å². The summed E-state index contributed by atoms with van der Waals surface area (Å²) in [5, 5.41) is 3.19. The van der Waals surface area contributed by atoms with E-state index in [0.29, 0.717) is 12.5 Å². The van der Waals surface area contributed by atoms with Crippen LogP contribution in [0.25, 0.3) is 0 Å². The van der Waals surface area contributed by atoms with E-state index in [0.717, 1.165) is 12.8 Å². The Kier molecular flexibility index (Phi) is 4.48. The molecule has 0 unspecified atom stereocenters.